The van der Waals surface area contributed by atoms with E-state index in [1.807, 2.05) is 36.4 Å². The Balaban J connectivity index is 1.61. The fourth-order valence-corrected chi connectivity index (χ4v) is 3.02. The number of benzene rings is 2. The summed E-state index contributed by atoms with van der Waals surface area (Å²) < 4.78 is 20.1. The van der Waals surface area contributed by atoms with Crippen LogP contribution in [-0.4, -0.2) is 27.8 Å². The highest BCUT2D eigenvalue weighted by Crippen LogP contribution is 2.24. The third kappa shape index (κ3) is 4.20. The van der Waals surface area contributed by atoms with Crippen LogP contribution in [0.5, 0.6) is 5.75 Å². The first-order valence-electron chi connectivity index (χ1n) is 9.31. The predicted molar refractivity (Wildman–Crippen MR) is 111 cm³/mol. The fourth-order valence-electron chi connectivity index (χ4n) is 3.02. The monoisotopic (exact) mass is 402 g/mol. The van der Waals surface area contributed by atoms with E-state index in [-0.39, 0.29) is 17.4 Å². The van der Waals surface area contributed by atoms with E-state index in [9.17, 15) is 9.18 Å². The summed E-state index contributed by atoms with van der Waals surface area (Å²) in [6, 6.07) is 18.8. The number of amides is 1. The van der Waals surface area contributed by atoms with E-state index in [0.29, 0.717) is 17.9 Å². The zero-order valence-electron chi connectivity index (χ0n) is 16.2. The van der Waals surface area contributed by atoms with Gasteiger partial charge in [-0.05, 0) is 60.2 Å². The van der Waals surface area contributed by atoms with E-state index < -0.39 is 0 Å². The van der Waals surface area contributed by atoms with Crippen molar-refractivity contribution in [2.45, 2.75) is 6.54 Å². The topological polar surface area (TPSA) is 69.0 Å². The number of ether oxygens (including phenoxy) is 1. The van der Waals surface area contributed by atoms with Crippen molar-refractivity contribution in [2.24, 2.45) is 0 Å². The molecule has 7 heteroatoms. The van der Waals surface area contributed by atoms with Crippen molar-refractivity contribution >= 4 is 5.91 Å². The number of hydrogen-bond donors (Lipinski definition) is 1. The van der Waals surface area contributed by atoms with Crippen molar-refractivity contribution in [2.75, 3.05) is 7.11 Å². The molecule has 0 unspecified atom stereocenters. The lowest BCUT2D eigenvalue weighted by atomic mass is 10.1. The Morgan fingerprint density at radius 1 is 1.03 bits per heavy atom. The molecule has 2 aromatic heterocycles. The van der Waals surface area contributed by atoms with Crippen molar-refractivity contribution in [3.63, 3.8) is 0 Å². The molecule has 4 aromatic rings. The van der Waals surface area contributed by atoms with Crippen LogP contribution in [0, 0.1) is 5.82 Å². The molecular formula is C23H19FN4O2. The number of methoxy groups -OCH3 is 1. The largest absolute Gasteiger partial charge is 0.497 e. The van der Waals surface area contributed by atoms with Crippen LogP contribution in [0.4, 0.5) is 4.39 Å². The first kappa shape index (κ1) is 19.3. The predicted octanol–water partition coefficient (Wildman–Crippen LogP) is 4.01. The Labute approximate surface area is 173 Å². The molecular weight excluding hydrogens is 383 g/mol. The molecule has 0 saturated carbocycles. The average molecular weight is 402 g/mol. The third-order valence-electron chi connectivity index (χ3n) is 4.60. The molecule has 30 heavy (non-hydrogen) atoms. The molecule has 0 saturated heterocycles. The maximum Gasteiger partial charge on any atom is 0.272 e. The van der Waals surface area contributed by atoms with Gasteiger partial charge in [-0.25, -0.2) is 9.07 Å². The summed E-state index contributed by atoms with van der Waals surface area (Å²) in [4.78, 5) is 16.8. The van der Waals surface area contributed by atoms with Crippen LogP contribution in [0.25, 0.3) is 16.9 Å². The number of nitrogens with one attached hydrogen (secondary N) is 1. The Bertz CT molecular complexity index is 1140. The number of aromatic nitrogens is 3. The quantitative estimate of drug-likeness (QED) is 0.529. The minimum absolute atomic E-state index is 0.264. The van der Waals surface area contributed by atoms with Gasteiger partial charge >= 0.3 is 0 Å². The summed E-state index contributed by atoms with van der Waals surface area (Å²) in [7, 11) is 1.61. The molecule has 0 spiro atoms. The Morgan fingerprint density at radius 3 is 2.40 bits per heavy atom. The van der Waals surface area contributed by atoms with Crippen molar-refractivity contribution in [3.8, 4) is 22.7 Å². The summed E-state index contributed by atoms with van der Waals surface area (Å²) in [5.41, 5.74) is 3.41. The van der Waals surface area contributed by atoms with Gasteiger partial charge in [0, 0.05) is 24.5 Å². The number of nitrogens with zero attached hydrogens (tertiary/aromatic N) is 3. The third-order valence-corrected chi connectivity index (χ3v) is 4.60. The first-order chi connectivity index (χ1) is 14.6. The van der Waals surface area contributed by atoms with E-state index in [1.54, 1.807) is 42.4 Å². The Kier molecular flexibility index (Phi) is 5.52. The summed E-state index contributed by atoms with van der Waals surface area (Å²) in [6.07, 6.45) is 3.33. The second-order valence-corrected chi connectivity index (χ2v) is 6.57. The highest BCUT2D eigenvalue weighted by Gasteiger charge is 2.17. The zero-order chi connectivity index (χ0) is 20.9. The highest BCUT2D eigenvalue weighted by molar-refractivity contribution is 5.93. The second kappa shape index (κ2) is 8.57. The van der Waals surface area contributed by atoms with Gasteiger partial charge in [-0.3, -0.25) is 9.78 Å². The van der Waals surface area contributed by atoms with E-state index in [4.69, 9.17) is 4.74 Å². The van der Waals surface area contributed by atoms with Gasteiger partial charge in [0.1, 0.15) is 11.6 Å². The van der Waals surface area contributed by atoms with E-state index >= 15 is 0 Å². The average Bonchev–Trinajstić information content (AvgIpc) is 3.24. The molecule has 0 aliphatic heterocycles. The smallest absolute Gasteiger partial charge is 0.272 e. The maximum absolute atomic E-state index is 13.4. The van der Waals surface area contributed by atoms with Crippen LogP contribution in [-0.2, 0) is 6.54 Å². The lowest BCUT2D eigenvalue weighted by molar-refractivity contribution is 0.0945. The lowest BCUT2D eigenvalue weighted by Crippen LogP contribution is -2.23. The van der Waals surface area contributed by atoms with Crippen molar-refractivity contribution in [1.29, 1.82) is 0 Å². The molecule has 0 atom stereocenters. The van der Waals surface area contributed by atoms with Gasteiger partial charge in [0.05, 0.1) is 18.5 Å². The van der Waals surface area contributed by atoms with Gasteiger partial charge in [-0.2, -0.15) is 5.10 Å². The molecule has 1 amide bonds. The molecule has 2 aromatic carbocycles. The second-order valence-electron chi connectivity index (χ2n) is 6.57. The van der Waals surface area contributed by atoms with Crippen LogP contribution in [0.3, 0.4) is 0 Å². The molecule has 0 fully saturated rings. The highest BCUT2D eigenvalue weighted by atomic mass is 19.1. The number of rotatable bonds is 6. The van der Waals surface area contributed by atoms with Crippen LogP contribution < -0.4 is 10.1 Å². The van der Waals surface area contributed by atoms with Gasteiger partial charge < -0.3 is 10.1 Å². The normalized spacial score (nSPS) is 10.6. The van der Waals surface area contributed by atoms with Crippen molar-refractivity contribution in [3.05, 3.63) is 96.2 Å². The van der Waals surface area contributed by atoms with E-state index in [2.05, 4.69) is 15.4 Å². The van der Waals surface area contributed by atoms with Gasteiger partial charge in [0.2, 0.25) is 0 Å². The molecule has 4 rings (SSSR count). The summed E-state index contributed by atoms with van der Waals surface area (Å²) in [6.45, 7) is 0.358. The van der Waals surface area contributed by atoms with Gasteiger partial charge in [-0.1, -0.05) is 12.1 Å². The summed E-state index contributed by atoms with van der Waals surface area (Å²) in [5, 5.41) is 7.35. The zero-order valence-corrected chi connectivity index (χ0v) is 16.2. The van der Waals surface area contributed by atoms with Crippen molar-refractivity contribution in [1.82, 2.24) is 20.1 Å². The Hall–Kier alpha value is -4.00. The van der Waals surface area contributed by atoms with Gasteiger partial charge in [0.25, 0.3) is 5.91 Å². The molecule has 0 radical (unpaired) electrons. The summed E-state index contributed by atoms with van der Waals surface area (Å²) >= 11 is 0. The van der Waals surface area contributed by atoms with Gasteiger partial charge in [0.15, 0.2) is 5.69 Å². The molecule has 0 aliphatic rings. The molecule has 6 nitrogen and oxygen atoms in total. The Morgan fingerprint density at radius 2 is 1.73 bits per heavy atom. The van der Waals surface area contributed by atoms with E-state index in [1.165, 1.54) is 12.1 Å². The SMILES string of the molecule is COc1ccc(CNC(=O)c2cc(-c3ccncc3)n(-c3ccc(F)cc3)n2)cc1. The number of hydrogen-bond acceptors (Lipinski definition) is 4. The first-order valence-corrected chi connectivity index (χ1v) is 9.31. The lowest BCUT2D eigenvalue weighted by Gasteiger charge is -2.07. The van der Waals surface area contributed by atoms with Crippen LogP contribution >= 0.6 is 0 Å². The molecule has 150 valence electrons. The minimum Gasteiger partial charge on any atom is -0.497 e. The number of carbonyl (C=O) groups is 1. The van der Waals surface area contributed by atoms with Gasteiger partial charge in [-0.15, -0.1) is 0 Å². The minimum atomic E-state index is -0.339. The molecule has 0 aliphatic carbocycles. The number of halogens is 1. The van der Waals surface area contributed by atoms with Crippen LogP contribution in [0.2, 0.25) is 0 Å². The molecule has 0 bridgehead atoms. The fraction of sp³-hybridized carbons (Fsp3) is 0.0870. The number of carbonyl (C=O) groups excluding carboxylic acids is 1. The van der Waals surface area contributed by atoms with E-state index in [0.717, 1.165) is 16.9 Å². The molecule has 2 heterocycles. The number of pyridine rings is 1. The van der Waals surface area contributed by atoms with Crippen LogP contribution in [0.15, 0.2) is 79.1 Å². The maximum atomic E-state index is 13.4. The van der Waals surface area contributed by atoms with Crippen LogP contribution in [0.1, 0.15) is 16.1 Å². The standard InChI is InChI=1S/C23H19FN4O2/c1-30-20-8-2-16(3-9-20)15-26-23(29)21-14-22(17-10-12-25-13-11-17)28(27-21)19-6-4-18(24)5-7-19/h2-14H,15H2,1H3,(H,26,29). The van der Waals surface area contributed by atoms with Crippen molar-refractivity contribution < 1.29 is 13.9 Å². The molecule has 1 N–H and O–H groups in total. The summed E-state index contributed by atoms with van der Waals surface area (Å²) in [5.74, 6) is 0.112.